The summed E-state index contributed by atoms with van der Waals surface area (Å²) >= 11 is 0. The molecule has 4 N–H and O–H groups in total. The lowest BCUT2D eigenvalue weighted by atomic mass is 10.0. The van der Waals surface area contributed by atoms with Gasteiger partial charge < -0.3 is 20.6 Å². The van der Waals surface area contributed by atoms with Crippen molar-refractivity contribution in [2.24, 2.45) is 5.92 Å². The Hall–Kier alpha value is -2.60. The Morgan fingerprint density at radius 1 is 1.20 bits per heavy atom. The molecule has 6 nitrogen and oxygen atoms in total. The molecular weight excluding hydrogens is 322 g/mol. The lowest BCUT2D eigenvalue weighted by Gasteiger charge is -2.15. The lowest BCUT2D eigenvalue weighted by molar-refractivity contribution is -0.137. The summed E-state index contributed by atoms with van der Waals surface area (Å²) in [6, 6.07) is 6.14. The van der Waals surface area contributed by atoms with E-state index in [9.17, 15) is 19.8 Å². The van der Waals surface area contributed by atoms with E-state index in [0.717, 1.165) is 11.1 Å². The third-order valence-electron chi connectivity index (χ3n) is 3.53. The van der Waals surface area contributed by atoms with Gasteiger partial charge in [0.25, 0.3) is 0 Å². The van der Waals surface area contributed by atoms with Gasteiger partial charge in [0.05, 0.1) is 19.1 Å². The third kappa shape index (κ3) is 8.72. The number of aliphatic hydroxyl groups is 1. The average molecular weight is 347 g/mol. The zero-order chi connectivity index (χ0) is 18.8. The predicted octanol–water partition coefficient (Wildman–Crippen LogP) is 2.03. The standard InChI is InChI=1S/C19H25NO5/c1-13(9-14(2)10-19(24)25)3-8-18(23)20-16(12-21)11-15-4-6-17(22)7-5-15/h3-9,14,16,21-22H,10-12H2,1-2H3,(H,20,23)(H,24,25)/b8-3+,13-9+. The number of amides is 1. The fourth-order valence-electron chi connectivity index (χ4n) is 2.37. The second-order valence-corrected chi connectivity index (χ2v) is 6.08. The lowest BCUT2D eigenvalue weighted by Crippen LogP contribution is -2.38. The molecule has 1 aromatic carbocycles. The highest BCUT2D eigenvalue weighted by molar-refractivity contribution is 5.88. The normalized spacial score (nSPS) is 14.3. The van der Waals surface area contributed by atoms with Crippen LogP contribution in [0.15, 0.2) is 48.1 Å². The number of aliphatic carboxylic acids is 1. The number of phenols is 1. The first-order chi connectivity index (χ1) is 11.8. The molecule has 0 saturated heterocycles. The number of rotatable bonds is 9. The minimum atomic E-state index is -0.863. The van der Waals surface area contributed by atoms with Crippen molar-refractivity contribution in [3.63, 3.8) is 0 Å². The second-order valence-electron chi connectivity index (χ2n) is 6.08. The van der Waals surface area contributed by atoms with Crippen LogP contribution in [-0.2, 0) is 16.0 Å². The largest absolute Gasteiger partial charge is 0.508 e. The van der Waals surface area contributed by atoms with E-state index in [1.165, 1.54) is 6.08 Å². The summed E-state index contributed by atoms with van der Waals surface area (Å²) in [6.07, 6.45) is 5.25. The molecule has 1 aromatic rings. The fraction of sp³-hybridized carbons (Fsp3) is 0.368. The van der Waals surface area contributed by atoms with Gasteiger partial charge in [-0.3, -0.25) is 9.59 Å². The van der Waals surface area contributed by atoms with Gasteiger partial charge in [-0.2, -0.15) is 0 Å². The Balaban J connectivity index is 2.56. The molecule has 25 heavy (non-hydrogen) atoms. The van der Waals surface area contributed by atoms with E-state index in [-0.39, 0.29) is 30.6 Å². The van der Waals surface area contributed by atoms with Gasteiger partial charge >= 0.3 is 5.97 Å². The maximum Gasteiger partial charge on any atom is 0.303 e. The van der Waals surface area contributed by atoms with Crippen LogP contribution in [-0.4, -0.2) is 39.8 Å². The SMILES string of the molecule is CC(/C=C/C(=O)NC(CO)Cc1ccc(O)cc1)=C\C(C)CC(=O)O. The molecular formula is C19H25NO5. The molecule has 0 bridgehead atoms. The first kappa shape index (κ1) is 20.4. The summed E-state index contributed by atoms with van der Waals surface area (Å²) in [5.41, 5.74) is 1.68. The predicted molar refractivity (Wildman–Crippen MR) is 95.1 cm³/mol. The topological polar surface area (TPSA) is 107 Å². The molecule has 0 aromatic heterocycles. The maximum absolute atomic E-state index is 12.0. The molecule has 2 atom stereocenters. The van der Waals surface area contributed by atoms with Crippen molar-refractivity contribution >= 4 is 11.9 Å². The molecule has 0 saturated carbocycles. The summed E-state index contributed by atoms with van der Waals surface area (Å²) < 4.78 is 0. The van der Waals surface area contributed by atoms with Gasteiger partial charge in [-0.1, -0.05) is 36.8 Å². The Kier molecular flexibility index (Phi) is 8.43. The molecule has 0 radical (unpaired) electrons. The molecule has 0 heterocycles. The zero-order valence-electron chi connectivity index (χ0n) is 14.5. The first-order valence-electron chi connectivity index (χ1n) is 8.07. The van der Waals surface area contributed by atoms with E-state index in [1.54, 1.807) is 50.3 Å². The van der Waals surface area contributed by atoms with Gasteiger partial charge in [0, 0.05) is 6.08 Å². The van der Waals surface area contributed by atoms with E-state index >= 15 is 0 Å². The van der Waals surface area contributed by atoms with Crippen molar-refractivity contribution in [3.8, 4) is 5.75 Å². The Bertz CT molecular complexity index is 634. The number of carboxylic acids is 1. The second kappa shape index (κ2) is 10.3. The highest BCUT2D eigenvalue weighted by Crippen LogP contribution is 2.11. The smallest absolute Gasteiger partial charge is 0.303 e. The van der Waals surface area contributed by atoms with Gasteiger partial charge in [-0.25, -0.2) is 0 Å². The quantitative estimate of drug-likeness (QED) is 0.404. The van der Waals surface area contributed by atoms with Crippen LogP contribution in [0.2, 0.25) is 0 Å². The molecule has 136 valence electrons. The van der Waals surface area contributed by atoms with Crippen LogP contribution in [0.4, 0.5) is 0 Å². The number of allylic oxidation sites excluding steroid dienone is 3. The average Bonchev–Trinajstić information content (AvgIpc) is 2.53. The minimum absolute atomic E-state index is 0.0383. The van der Waals surface area contributed by atoms with Crippen LogP contribution >= 0.6 is 0 Å². The summed E-state index contributed by atoms with van der Waals surface area (Å²) in [7, 11) is 0. The molecule has 6 heteroatoms. The van der Waals surface area contributed by atoms with Crippen molar-refractivity contribution in [2.75, 3.05) is 6.61 Å². The number of aromatic hydroxyl groups is 1. The summed E-state index contributed by atoms with van der Waals surface area (Å²) in [6.45, 7) is 3.39. The third-order valence-corrected chi connectivity index (χ3v) is 3.53. The van der Waals surface area contributed by atoms with Crippen LogP contribution in [0.1, 0.15) is 25.8 Å². The van der Waals surface area contributed by atoms with Crippen molar-refractivity contribution in [3.05, 3.63) is 53.6 Å². The number of nitrogens with one attached hydrogen (secondary N) is 1. The number of aliphatic hydroxyl groups excluding tert-OH is 1. The van der Waals surface area contributed by atoms with E-state index in [1.807, 2.05) is 0 Å². The van der Waals surface area contributed by atoms with Crippen LogP contribution in [0.25, 0.3) is 0 Å². The maximum atomic E-state index is 12.0. The zero-order valence-corrected chi connectivity index (χ0v) is 14.5. The minimum Gasteiger partial charge on any atom is -0.508 e. The molecule has 1 rings (SSSR count). The number of phenolic OH excluding ortho intramolecular Hbond substituents is 1. The van der Waals surface area contributed by atoms with E-state index in [0.29, 0.717) is 6.42 Å². The van der Waals surface area contributed by atoms with Gasteiger partial charge in [-0.05, 0) is 37.0 Å². The van der Waals surface area contributed by atoms with E-state index < -0.39 is 12.0 Å². The van der Waals surface area contributed by atoms with Gasteiger partial charge in [0.1, 0.15) is 5.75 Å². The number of hydrogen-bond donors (Lipinski definition) is 4. The van der Waals surface area contributed by atoms with Crippen LogP contribution < -0.4 is 5.32 Å². The number of hydrogen-bond acceptors (Lipinski definition) is 4. The molecule has 2 unspecified atom stereocenters. The van der Waals surface area contributed by atoms with Gasteiger partial charge in [0.2, 0.25) is 5.91 Å². The van der Waals surface area contributed by atoms with Crippen molar-refractivity contribution in [2.45, 2.75) is 32.7 Å². The van der Waals surface area contributed by atoms with Crippen molar-refractivity contribution in [1.82, 2.24) is 5.32 Å². The summed E-state index contributed by atoms with van der Waals surface area (Å²) in [4.78, 5) is 22.6. The molecule has 1 amide bonds. The highest BCUT2D eigenvalue weighted by Gasteiger charge is 2.10. The van der Waals surface area contributed by atoms with Crippen LogP contribution in [0, 0.1) is 5.92 Å². The summed E-state index contributed by atoms with van der Waals surface area (Å²) in [5.74, 6) is -1.16. The number of carboxylic acid groups (broad SMARTS) is 1. The number of carbonyl (C=O) groups excluding carboxylic acids is 1. The Labute approximate surface area is 147 Å². The molecule has 0 aliphatic heterocycles. The Morgan fingerprint density at radius 2 is 1.84 bits per heavy atom. The van der Waals surface area contributed by atoms with Crippen molar-refractivity contribution < 1.29 is 24.9 Å². The fourth-order valence-corrected chi connectivity index (χ4v) is 2.37. The van der Waals surface area contributed by atoms with Crippen molar-refractivity contribution in [1.29, 1.82) is 0 Å². The monoisotopic (exact) mass is 347 g/mol. The molecule has 0 spiro atoms. The Morgan fingerprint density at radius 3 is 2.40 bits per heavy atom. The first-order valence-corrected chi connectivity index (χ1v) is 8.07. The van der Waals surface area contributed by atoms with Gasteiger partial charge in [0.15, 0.2) is 0 Å². The van der Waals surface area contributed by atoms with E-state index in [2.05, 4.69) is 5.32 Å². The van der Waals surface area contributed by atoms with Crippen LogP contribution in [0.3, 0.4) is 0 Å². The highest BCUT2D eigenvalue weighted by atomic mass is 16.4. The van der Waals surface area contributed by atoms with E-state index in [4.69, 9.17) is 5.11 Å². The molecule has 0 aliphatic rings. The van der Waals surface area contributed by atoms with Gasteiger partial charge in [-0.15, -0.1) is 0 Å². The molecule has 0 fully saturated rings. The number of carbonyl (C=O) groups is 2. The number of benzene rings is 1. The summed E-state index contributed by atoms with van der Waals surface area (Å²) in [5, 5.41) is 30.1. The molecule has 0 aliphatic carbocycles. The van der Waals surface area contributed by atoms with Crippen LogP contribution in [0.5, 0.6) is 5.75 Å².